The number of rotatable bonds is 4. The summed E-state index contributed by atoms with van der Waals surface area (Å²) in [6, 6.07) is 0.197. The molecule has 2 N–H and O–H groups in total. The maximum Gasteiger partial charge on any atom is 0.222 e. The quantitative estimate of drug-likeness (QED) is 0.746. The highest BCUT2D eigenvalue weighted by molar-refractivity contribution is 5.77. The minimum atomic E-state index is 0.118. The summed E-state index contributed by atoms with van der Waals surface area (Å²) in [6.45, 7) is 4.43. The molecule has 2 fully saturated rings. The Balaban J connectivity index is 1.74. The van der Waals surface area contributed by atoms with Crippen LogP contribution in [-0.2, 0) is 9.53 Å². The first kappa shape index (κ1) is 11.9. The number of carbonyl (C=O) groups excluding carboxylic acids is 1. The minimum absolute atomic E-state index is 0.118. The summed E-state index contributed by atoms with van der Waals surface area (Å²) in [5.74, 6) is 0.171. The Morgan fingerprint density at radius 3 is 2.88 bits per heavy atom. The van der Waals surface area contributed by atoms with Crippen LogP contribution in [0.5, 0.6) is 0 Å². The predicted octanol–water partition coefficient (Wildman–Crippen LogP) is 0.814. The van der Waals surface area contributed by atoms with Gasteiger partial charge < -0.3 is 15.4 Å². The molecule has 16 heavy (non-hydrogen) atoms. The molecule has 2 rings (SSSR count). The maximum absolute atomic E-state index is 11.9. The van der Waals surface area contributed by atoms with Crippen molar-refractivity contribution in [3.8, 4) is 0 Å². The van der Waals surface area contributed by atoms with E-state index < -0.39 is 0 Å². The number of ether oxygens (including phenoxy) is 1. The minimum Gasteiger partial charge on any atom is -0.378 e. The zero-order chi connectivity index (χ0) is 11.4. The number of amides is 1. The molecule has 1 unspecified atom stereocenters. The van der Waals surface area contributed by atoms with Gasteiger partial charge in [-0.2, -0.15) is 0 Å². The fraction of sp³-hybridized carbons (Fsp3) is 0.917. The van der Waals surface area contributed by atoms with Gasteiger partial charge in [-0.15, -0.1) is 0 Å². The molecule has 2 aliphatic rings. The van der Waals surface area contributed by atoms with Gasteiger partial charge in [0.2, 0.25) is 5.91 Å². The lowest BCUT2D eigenvalue weighted by atomic mass is 9.75. The largest absolute Gasteiger partial charge is 0.378 e. The summed E-state index contributed by atoms with van der Waals surface area (Å²) >= 11 is 0. The summed E-state index contributed by atoms with van der Waals surface area (Å²) in [5, 5.41) is 6.50. The summed E-state index contributed by atoms with van der Waals surface area (Å²) in [7, 11) is 0. The number of hydrogen-bond donors (Lipinski definition) is 2. The SMILES string of the molecule is CCC1(NC(=O)CC2COCCN2)CCC1. The Morgan fingerprint density at radius 1 is 1.56 bits per heavy atom. The molecule has 1 atom stereocenters. The second kappa shape index (κ2) is 5.15. The van der Waals surface area contributed by atoms with Gasteiger partial charge in [-0.25, -0.2) is 0 Å². The lowest BCUT2D eigenvalue weighted by Crippen LogP contribution is -2.54. The van der Waals surface area contributed by atoms with E-state index in [1.54, 1.807) is 0 Å². The van der Waals surface area contributed by atoms with Gasteiger partial charge in [0.1, 0.15) is 0 Å². The molecule has 0 spiro atoms. The van der Waals surface area contributed by atoms with Crippen LogP contribution in [0.1, 0.15) is 39.0 Å². The third-order valence-corrected chi connectivity index (χ3v) is 3.82. The molecule has 1 aliphatic carbocycles. The fourth-order valence-electron chi connectivity index (χ4n) is 2.49. The van der Waals surface area contributed by atoms with Gasteiger partial charge in [0.05, 0.1) is 13.2 Å². The lowest BCUT2D eigenvalue weighted by molar-refractivity contribution is -0.125. The topological polar surface area (TPSA) is 50.4 Å². The van der Waals surface area contributed by atoms with Gasteiger partial charge >= 0.3 is 0 Å². The standard InChI is InChI=1S/C12H22N2O2/c1-2-12(4-3-5-12)14-11(15)8-10-9-16-7-6-13-10/h10,13H,2-9H2,1H3,(H,14,15). The molecule has 0 aromatic heterocycles. The summed E-state index contributed by atoms with van der Waals surface area (Å²) in [6.07, 6.45) is 5.13. The van der Waals surface area contributed by atoms with Crippen molar-refractivity contribution in [3.63, 3.8) is 0 Å². The van der Waals surface area contributed by atoms with Gasteiger partial charge in [-0.1, -0.05) is 6.92 Å². The van der Waals surface area contributed by atoms with Gasteiger partial charge in [0.15, 0.2) is 0 Å². The molecule has 1 amide bonds. The van der Waals surface area contributed by atoms with Gasteiger partial charge in [-0.05, 0) is 25.7 Å². The van der Waals surface area contributed by atoms with Crippen molar-refractivity contribution in [2.45, 2.75) is 50.6 Å². The summed E-state index contributed by atoms with van der Waals surface area (Å²) < 4.78 is 5.34. The third kappa shape index (κ3) is 2.74. The van der Waals surface area contributed by atoms with E-state index in [-0.39, 0.29) is 17.5 Å². The number of morpholine rings is 1. The van der Waals surface area contributed by atoms with E-state index in [4.69, 9.17) is 4.74 Å². The van der Waals surface area contributed by atoms with Crippen LogP contribution in [0.2, 0.25) is 0 Å². The van der Waals surface area contributed by atoms with E-state index in [0.29, 0.717) is 13.0 Å². The van der Waals surface area contributed by atoms with E-state index in [1.807, 2.05) is 0 Å². The van der Waals surface area contributed by atoms with Crippen molar-refractivity contribution in [1.29, 1.82) is 0 Å². The van der Waals surface area contributed by atoms with Crippen LogP contribution in [0.15, 0.2) is 0 Å². The highest BCUT2D eigenvalue weighted by atomic mass is 16.5. The maximum atomic E-state index is 11.9. The smallest absolute Gasteiger partial charge is 0.222 e. The Hall–Kier alpha value is -0.610. The summed E-state index contributed by atoms with van der Waals surface area (Å²) in [5.41, 5.74) is 0.118. The fourth-order valence-corrected chi connectivity index (χ4v) is 2.49. The Labute approximate surface area is 97.1 Å². The van der Waals surface area contributed by atoms with Crippen molar-refractivity contribution in [2.75, 3.05) is 19.8 Å². The van der Waals surface area contributed by atoms with Gasteiger partial charge in [0, 0.05) is 24.5 Å². The Morgan fingerprint density at radius 2 is 2.38 bits per heavy atom. The highest BCUT2D eigenvalue weighted by Crippen LogP contribution is 2.34. The molecular formula is C12H22N2O2. The zero-order valence-electron chi connectivity index (χ0n) is 10.1. The van der Waals surface area contributed by atoms with E-state index in [0.717, 1.165) is 32.4 Å². The van der Waals surface area contributed by atoms with Gasteiger partial charge in [0.25, 0.3) is 0 Å². The molecule has 0 radical (unpaired) electrons. The second-order valence-electron chi connectivity index (χ2n) is 4.97. The molecule has 0 bridgehead atoms. The van der Waals surface area contributed by atoms with Crippen molar-refractivity contribution in [1.82, 2.24) is 10.6 Å². The van der Waals surface area contributed by atoms with Crippen LogP contribution in [0.4, 0.5) is 0 Å². The average Bonchev–Trinajstić information content (AvgIpc) is 2.25. The van der Waals surface area contributed by atoms with Crippen molar-refractivity contribution in [2.24, 2.45) is 0 Å². The van der Waals surface area contributed by atoms with E-state index >= 15 is 0 Å². The second-order valence-corrected chi connectivity index (χ2v) is 4.97. The Bertz CT molecular complexity index is 240. The highest BCUT2D eigenvalue weighted by Gasteiger charge is 2.36. The van der Waals surface area contributed by atoms with Crippen LogP contribution in [0.25, 0.3) is 0 Å². The Kier molecular flexibility index (Phi) is 3.82. The van der Waals surface area contributed by atoms with E-state index in [1.165, 1.54) is 6.42 Å². The van der Waals surface area contributed by atoms with Crippen molar-refractivity contribution < 1.29 is 9.53 Å². The normalized spacial score (nSPS) is 28.2. The first-order chi connectivity index (χ1) is 7.74. The van der Waals surface area contributed by atoms with Gasteiger partial charge in [-0.3, -0.25) is 4.79 Å². The molecule has 1 aliphatic heterocycles. The molecule has 1 saturated heterocycles. The molecule has 1 saturated carbocycles. The van der Waals surface area contributed by atoms with Crippen molar-refractivity contribution in [3.05, 3.63) is 0 Å². The monoisotopic (exact) mass is 226 g/mol. The van der Waals surface area contributed by atoms with E-state index in [9.17, 15) is 4.79 Å². The number of carbonyl (C=O) groups is 1. The van der Waals surface area contributed by atoms with Crippen LogP contribution < -0.4 is 10.6 Å². The lowest BCUT2D eigenvalue weighted by Gasteiger charge is -2.42. The molecule has 1 heterocycles. The molecule has 0 aromatic rings. The molecule has 4 nitrogen and oxygen atoms in total. The van der Waals surface area contributed by atoms with Crippen LogP contribution >= 0.6 is 0 Å². The van der Waals surface area contributed by atoms with Crippen LogP contribution in [0, 0.1) is 0 Å². The van der Waals surface area contributed by atoms with Crippen LogP contribution in [-0.4, -0.2) is 37.2 Å². The molecular weight excluding hydrogens is 204 g/mol. The third-order valence-electron chi connectivity index (χ3n) is 3.82. The number of hydrogen-bond acceptors (Lipinski definition) is 3. The van der Waals surface area contributed by atoms with Crippen molar-refractivity contribution >= 4 is 5.91 Å². The first-order valence-electron chi connectivity index (χ1n) is 6.36. The average molecular weight is 226 g/mol. The predicted molar refractivity (Wildman–Crippen MR) is 62.2 cm³/mol. The van der Waals surface area contributed by atoms with Crippen LogP contribution in [0.3, 0.4) is 0 Å². The van der Waals surface area contributed by atoms with E-state index in [2.05, 4.69) is 17.6 Å². The molecule has 4 heteroatoms. The molecule has 92 valence electrons. The number of nitrogens with one attached hydrogen (secondary N) is 2. The zero-order valence-corrected chi connectivity index (χ0v) is 10.1. The molecule has 0 aromatic carbocycles. The summed E-state index contributed by atoms with van der Waals surface area (Å²) in [4.78, 5) is 11.9. The first-order valence-corrected chi connectivity index (χ1v) is 6.36.